The maximum atomic E-state index is 4.69. The maximum Gasteiger partial charge on any atom is 0.123 e. The van der Waals surface area contributed by atoms with Crippen LogP contribution >= 0.6 is 0 Å². The molecule has 0 atom stereocenters. The van der Waals surface area contributed by atoms with Gasteiger partial charge in [0.2, 0.25) is 0 Å². The number of hydrogen-bond acceptors (Lipinski definition) is 2. The van der Waals surface area contributed by atoms with Crippen molar-refractivity contribution < 1.29 is 0 Å². The molecular formula is C14H21N3. The van der Waals surface area contributed by atoms with Gasteiger partial charge in [0, 0.05) is 13.1 Å². The second-order valence-electron chi connectivity index (χ2n) is 4.80. The van der Waals surface area contributed by atoms with Gasteiger partial charge < -0.3 is 9.88 Å². The van der Waals surface area contributed by atoms with Gasteiger partial charge in [0.15, 0.2) is 0 Å². The van der Waals surface area contributed by atoms with E-state index in [0.717, 1.165) is 24.3 Å². The van der Waals surface area contributed by atoms with E-state index in [-0.39, 0.29) is 0 Å². The summed E-state index contributed by atoms with van der Waals surface area (Å²) in [7, 11) is 2.08. The zero-order valence-corrected chi connectivity index (χ0v) is 11.1. The van der Waals surface area contributed by atoms with Crippen LogP contribution in [0.3, 0.4) is 0 Å². The fourth-order valence-corrected chi connectivity index (χ4v) is 1.97. The van der Waals surface area contributed by atoms with Gasteiger partial charge in [0.1, 0.15) is 5.82 Å². The van der Waals surface area contributed by atoms with Crippen LogP contribution in [0.25, 0.3) is 11.0 Å². The van der Waals surface area contributed by atoms with E-state index in [1.807, 2.05) is 0 Å². The van der Waals surface area contributed by atoms with Crippen LogP contribution in [0, 0.1) is 0 Å². The Balaban J connectivity index is 2.34. The van der Waals surface area contributed by atoms with Gasteiger partial charge in [-0.15, -0.1) is 0 Å². The standard InChI is InChI=1S/C14H21N3/c1-5-11-6-7-13-12(8-11)16-14(17(13)4)9-15-10(2)3/h6-8,10,15H,5,9H2,1-4H3. The molecule has 0 radical (unpaired) electrons. The molecule has 92 valence electrons. The zero-order valence-electron chi connectivity index (χ0n) is 11.1. The molecule has 0 amide bonds. The van der Waals surface area contributed by atoms with Crippen molar-refractivity contribution in [2.75, 3.05) is 0 Å². The van der Waals surface area contributed by atoms with Gasteiger partial charge in [-0.25, -0.2) is 4.98 Å². The lowest BCUT2D eigenvalue weighted by Gasteiger charge is -2.07. The van der Waals surface area contributed by atoms with Gasteiger partial charge in [-0.1, -0.05) is 26.8 Å². The molecule has 2 rings (SSSR count). The molecule has 0 saturated heterocycles. The first-order valence-electron chi connectivity index (χ1n) is 6.29. The summed E-state index contributed by atoms with van der Waals surface area (Å²) in [6.45, 7) is 7.30. The monoisotopic (exact) mass is 231 g/mol. The van der Waals surface area contributed by atoms with E-state index in [0.29, 0.717) is 6.04 Å². The van der Waals surface area contributed by atoms with Crippen molar-refractivity contribution >= 4 is 11.0 Å². The first-order chi connectivity index (χ1) is 8.11. The summed E-state index contributed by atoms with van der Waals surface area (Å²) in [5.41, 5.74) is 3.66. The van der Waals surface area contributed by atoms with Crippen LogP contribution in [0.4, 0.5) is 0 Å². The number of aromatic nitrogens is 2. The average Bonchev–Trinajstić information content (AvgIpc) is 2.63. The third-order valence-corrected chi connectivity index (χ3v) is 3.11. The lowest BCUT2D eigenvalue weighted by Crippen LogP contribution is -2.23. The second kappa shape index (κ2) is 4.88. The van der Waals surface area contributed by atoms with Crippen molar-refractivity contribution in [1.29, 1.82) is 0 Å². The Morgan fingerprint density at radius 3 is 2.76 bits per heavy atom. The summed E-state index contributed by atoms with van der Waals surface area (Å²) in [6.07, 6.45) is 1.06. The largest absolute Gasteiger partial charge is 0.330 e. The molecule has 0 unspecified atom stereocenters. The number of fused-ring (bicyclic) bond motifs is 1. The highest BCUT2D eigenvalue weighted by atomic mass is 15.1. The highest BCUT2D eigenvalue weighted by Crippen LogP contribution is 2.17. The number of hydrogen-bond donors (Lipinski definition) is 1. The molecule has 1 aromatic carbocycles. The minimum Gasteiger partial charge on any atom is -0.330 e. The van der Waals surface area contributed by atoms with E-state index in [1.165, 1.54) is 11.1 Å². The predicted octanol–water partition coefficient (Wildman–Crippen LogP) is 2.63. The summed E-state index contributed by atoms with van der Waals surface area (Å²) in [4.78, 5) is 4.69. The molecule has 0 bridgehead atoms. The molecule has 1 aromatic heterocycles. The molecule has 0 fully saturated rings. The van der Waals surface area contributed by atoms with Crippen LogP contribution in [0.5, 0.6) is 0 Å². The Labute approximate surface area is 103 Å². The maximum absolute atomic E-state index is 4.69. The molecule has 0 aliphatic carbocycles. The fourth-order valence-electron chi connectivity index (χ4n) is 1.97. The normalized spacial score (nSPS) is 11.6. The van der Waals surface area contributed by atoms with Crippen LogP contribution in [-0.2, 0) is 20.0 Å². The first kappa shape index (κ1) is 12.1. The minimum absolute atomic E-state index is 0.487. The summed E-state index contributed by atoms with van der Waals surface area (Å²) < 4.78 is 2.17. The average molecular weight is 231 g/mol. The third-order valence-electron chi connectivity index (χ3n) is 3.11. The highest BCUT2D eigenvalue weighted by molar-refractivity contribution is 5.76. The van der Waals surface area contributed by atoms with Crippen molar-refractivity contribution in [3.63, 3.8) is 0 Å². The van der Waals surface area contributed by atoms with Gasteiger partial charge in [-0.2, -0.15) is 0 Å². The van der Waals surface area contributed by atoms with Gasteiger partial charge in [-0.05, 0) is 24.1 Å². The molecule has 3 heteroatoms. The van der Waals surface area contributed by atoms with Crippen LogP contribution < -0.4 is 5.32 Å². The van der Waals surface area contributed by atoms with Gasteiger partial charge >= 0.3 is 0 Å². The molecule has 0 aliphatic rings. The molecular weight excluding hydrogens is 210 g/mol. The molecule has 0 saturated carbocycles. The Kier molecular flexibility index (Phi) is 3.48. The molecule has 3 nitrogen and oxygen atoms in total. The molecule has 17 heavy (non-hydrogen) atoms. The first-order valence-corrected chi connectivity index (χ1v) is 6.29. The van der Waals surface area contributed by atoms with Crippen molar-refractivity contribution in [3.8, 4) is 0 Å². The second-order valence-corrected chi connectivity index (χ2v) is 4.80. The van der Waals surface area contributed by atoms with Crippen LogP contribution in [0.2, 0.25) is 0 Å². The van der Waals surface area contributed by atoms with Crippen LogP contribution in [0.1, 0.15) is 32.2 Å². The van der Waals surface area contributed by atoms with Gasteiger partial charge in [-0.3, -0.25) is 0 Å². The lowest BCUT2D eigenvalue weighted by molar-refractivity contribution is 0.563. The van der Waals surface area contributed by atoms with Crippen molar-refractivity contribution in [1.82, 2.24) is 14.9 Å². The van der Waals surface area contributed by atoms with E-state index in [1.54, 1.807) is 0 Å². The van der Waals surface area contributed by atoms with Crippen LogP contribution in [-0.4, -0.2) is 15.6 Å². The van der Waals surface area contributed by atoms with E-state index in [4.69, 9.17) is 4.98 Å². The number of aryl methyl sites for hydroxylation is 2. The lowest BCUT2D eigenvalue weighted by atomic mass is 10.1. The predicted molar refractivity (Wildman–Crippen MR) is 72.1 cm³/mol. The van der Waals surface area contributed by atoms with E-state index >= 15 is 0 Å². The molecule has 1 heterocycles. The van der Waals surface area contributed by atoms with Crippen molar-refractivity contribution in [2.24, 2.45) is 7.05 Å². The molecule has 2 aromatic rings. The highest BCUT2D eigenvalue weighted by Gasteiger charge is 2.08. The topological polar surface area (TPSA) is 29.9 Å². The Bertz CT molecular complexity index is 511. The summed E-state index contributed by atoms with van der Waals surface area (Å²) in [5.74, 6) is 1.10. The van der Waals surface area contributed by atoms with Crippen molar-refractivity contribution in [2.45, 2.75) is 39.8 Å². The number of rotatable bonds is 4. The molecule has 0 aliphatic heterocycles. The minimum atomic E-state index is 0.487. The summed E-state index contributed by atoms with van der Waals surface area (Å²) >= 11 is 0. The number of imidazole rings is 1. The van der Waals surface area contributed by atoms with Crippen LogP contribution in [0.15, 0.2) is 18.2 Å². The smallest absolute Gasteiger partial charge is 0.123 e. The fraction of sp³-hybridized carbons (Fsp3) is 0.500. The molecule has 0 spiro atoms. The van der Waals surface area contributed by atoms with E-state index in [9.17, 15) is 0 Å². The number of nitrogens with zero attached hydrogens (tertiary/aromatic N) is 2. The summed E-state index contributed by atoms with van der Waals surface area (Å²) in [6, 6.07) is 7.03. The van der Waals surface area contributed by atoms with Gasteiger partial charge in [0.05, 0.1) is 17.6 Å². The van der Waals surface area contributed by atoms with E-state index in [2.05, 4.69) is 55.9 Å². The quantitative estimate of drug-likeness (QED) is 0.876. The van der Waals surface area contributed by atoms with Crippen molar-refractivity contribution in [3.05, 3.63) is 29.6 Å². The van der Waals surface area contributed by atoms with Gasteiger partial charge in [0.25, 0.3) is 0 Å². The Morgan fingerprint density at radius 2 is 2.12 bits per heavy atom. The Morgan fingerprint density at radius 1 is 1.35 bits per heavy atom. The van der Waals surface area contributed by atoms with E-state index < -0.39 is 0 Å². The molecule has 1 N–H and O–H groups in total. The number of nitrogens with one attached hydrogen (secondary N) is 1. The third kappa shape index (κ3) is 2.50. The Hall–Kier alpha value is -1.35. The zero-order chi connectivity index (χ0) is 12.4. The number of benzene rings is 1. The SMILES string of the molecule is CCc1ccc2c(c1)nc(CNC(C)C)n2C. The summed E-state index contributed by atoms with van der Waals surface area (Å²) in [5, 5.41) is 3.41.